The molecule has 1 aliphatic heterocycles. The van der Waals surface area contributed by atoms with Gasteiger partial charge in [0, 0.05) is 18.7 Å². The number of hydrogen-bond donors (Lipinski definition) is 1. The lowest BCUT2D eigenvalue weighted by molar-refractivity contribution is -0.149. The zero-order valence-electron chi connectivity index (χ0n) is 12.3. The molecule has 0 bridgehead atoms. The van der Waals surface area contributed by atoms with Crippen molar-refractivity contribution in [3.8, 4) is 0 Å². The van der Waals surface area contributed by atoms with Gasteiger partial charge in [-0.25, -0.2) is 0 Å². The predicted molar refractivity (Wildman–Crippen MR) is 79.1 cm³/mol. The van der Waals surface area contributed by atoms with Crippen molar-refractivity contribution in [2.24, 2.45) is 11.3 Å². The largest absolute Gasteiger partial charge is 0.481 e. The summed E-state index contributed by atoms with van der Waals surface area (Å²) in [6, 6.07) is 7.63. The maximum Gasteiger partial charge on any atom is 0.311 e. The number of fused-ring (bicyclic) bond motifs is 1. The molecule has 112 valence electrons. The minimum atomic E-state index is -0.732. The van der Waals surface area contributed by atoms with Gasteiger partial charge in [-0.05, 0) is 36.8 Å². The summed E-state index contributed by atoms with van der Waals surface area (Å²) in [5.74, 6) is -0.626. The highest BCUT2D eigenvalue weighted by atomic mass is 16.4. The minimum Gasteiger partial charge on any atom is -0.481 e. The quantitative estimate of drug-likeness (QED) is 0.929. The molecule has 1 N–H and O–H groups in total. The molecule has 1 saturated carbocycles. The lowest BCUT2D eigenvalue weighted by Crippen LogP contribution is -2.37. The lowest BCUT2D eigenvalue weighted by Gasteiger charge is -2.23. The van der Waals surface area contributed by atoms with Crippen molar-refractivity contribution in [1.29, 1.82) is 0 Å². The third-order valence-electron chi connectivity index (χ3n) is 5.21. The fraction of sp³-hybridized carbons (Fsp3) is 0.529. The zero-order chi connectivity index (χ0) is 15.0. The molecular formula is C17H21NO3. The van der Waals surface area contributed by atoms with E-state index in [4.69, 9.17) is 0 Å². The fourth-order valence-electron chi connectivity index (χ4n) is 4.00. The van der Waals surface area contributed by atoms with Gasteiger partial charge in [-0.15, -0.1) is 0 Å². The van der Waals surface area contributed by atoms with E-state index in [-0.39, 0.29) is 11.8 Å². The van der Waals surface area contributed by atoms with E-state index in [1.54, 1.807) is 4.90 Å². The van der Waals surface area contributed by atoms with E-state index in [1.165, 1.54) is 0 Å². The Hall–Kier alpha value is -1.84. The van der Waals surface area contributed by atoms with Gasteiger partial charge in [-0.2, -0.15) is 0 Å². The Morgan fingerprint density at radius 1 is 1.38 bits per heavy atom. The van der Waals surface area contributed by atoms with Crippen LogP contribution in [0.2, 0.25) is 0 Å². The number of aryl methyl sites for hydroxylation is 1. The van der Waals surface area contributed by atoms with E-state index < -0.39 is 11.4 Å². The van der Waals surface area contributed by atoms with Crippen LogP contribution in [0, 0.1) is 11.3 Å². The number of hydrogen-bond acceptors (Lipinski definition) is 2. The van der Waals surface area contributed by atoms with Crippen LogP contribution in [0.1, 0.15) is 42.1 Å². The summed E-state index contributed by atoms with van der Waals surface area (Å²) < 4.78 is 0. The first-order chi connectivity index (χ1) is 10.1. The Balaban J connectivity index is 1.86. The van der Waals surface area contributed by atoms with E-state index >= 15 is 0 Å². The molecule has 1 heterocycles. The van der Waals surface area contributed by atoms with Crippen LogP contribution in [0.25, 0.3) is 0 Å². The predicted octanol–water partition coefficient (Wildman–Crippen LogP) is 2.58. The summed E-state index contributed by atoms with van der Waals surface area (Å²) in [5, 5.41) is 9.61. The fourth-order valence-corrected chi connectivity index (χ4v) is 4.00. The number of nitrogens with zero attached hydrogens (tertiary/aromatic N) is 1. The van der Waals surface area contributed by atoms with Gasteiger partial charge in [0.25, 0.3) is 5.91 Å². The standard InChI is InChI=1S/C17H21NO3/c1-2-12-6-3-4-8-14(12)15(19)18-10-13-7-5-9-17(13,11-18)16(20)21/h3-4,6,8,13H,2,5,7,9-11H2,1H3,(H,20,21)/t13-,17+/m0/s1. The number of aliphatic carboxylic acids is 1. The van der Waals surface area contributed by atoms with Crippen LogP contribution in [0.4, 0.5) is 0 Å². The van der Waals surface area contributed by atoms with Crippen molar-refractivity contribution in [2.45, 2.75) is 32.6 Å². The second-order valence-electron chi connectivity index (χ2n) is 6.25. The Bertz CT molecular complexity index is 583. The first-order valence-electron chi connectivity index (χ1n) is 7.69. The maximum absolute atomic E-state index is 12.8. The molecule has 3 rings (SSSR count). The number of amides is 1. The molecule has 1 aromatic rings. The number of carboxylic acid groups (broad SMARTS) is 1. The molecule has 2 atom stereocenters. The molecule has 2 fully saturated rings. The summed E-state index contributed by atoms with van der Waals surface area (Å²) in [6.07, 6.45) is 3.39. The zero-order valence-corrected chi connectivity index (χ0v) is 12.3. The molecule has 21 heavy (non-hydrogen) atoms. The van der Waals surface area contributed by atoms with Gasteiger partial charge in [-0.3, -0.25) is 9.59 Å². The Kier molecular flexibility index (Phi) is 3.47. The van der Waals surface area contributed by atoms with Gasteiger partial charge < -0.3 is 10.0 Å². The Morgan fingerprint density at radius 2 is 2.14 bits per heavy atom. The van der Waals surface area contributed by atoms with Crippen molar-refractivity contribution in [1.82, 2.24) is 4.90 Å². The number of rotatable bonds is 3. The smallest absolute Gasteiger partial charge is 0.311 e. The van der Waals surface area contributed by atoms with Crippen molar-refractivity contribution < 1.29 is 14.7 Å². The maximum atomic E-state index is 12.8. The molecule has 1 aliphatic carbocycles. The van der Waals surface area contributed by atoms with Crippen LogP contribution in [0.3, 0.4) is 0 Å². The second-order valence-corrected chi connectivity index (χ2v) is 6.25. The third-order valence-corrected chi connectivity index (χ3v) is 5.21. The summed E-state index contributed by atoms with van der Waals surface area (Å²) in [5.41, 5.74) is 1.06. The summed E-state index contributed by atoms with van der Waals surface area (Å²) in [7, 11) is 0. The average molecular weight is 287 g/mol. The van der Waals surface area contributed by atoms with Crippen molar-refractivity contribution >= 4 is 11.9 Å². The topological polar surface area (TPSA) is 57.6 Å². The van der Waals surface area contributed by atoms with E-state index in [1.807, 2.05) is 31.2 Å². The van der Waals surface area contributed by atoms with E-state index in [0.717, 1.165) is 30.4 Å². The second kappa shape index (κ2) is 5.17. The molecule has 1 aromatic carbocycles. The molecule has 0 aromatic heterocycles. The van der Waals surface area contributed by atoms with Crippen LogP contribution in [0.5, 0.6) is 0 Å². The van der Waals surface area contributed by atoms with Gasteiger partial charge in [0.05, 0.1) is 5.41 Å². The highest BCUT2D eigenvalue weighted by Crippen LogP contribution is 2.49. The van der Waals surface area contributed by atoms with Gasteiger partial charge in [0.1, 0.15) is 0 Å². The first-order valence-corrected chi connectivity index (χ1v) is 7.69. The van der Waals surface area contributed by atoms with E-state index in [2.05, 4.69) is 0 Å². The van der Waals surface area contributed by atoms with Gasteiger partial charge in [0.2, 0.25) is 0 Å². The van der Waals surface area contributed by atoms with Crippen LogP contribution >= 0.6 is 0 Å². The van der Waals surface area contributed by atoms with Gasteiger partial charge >= 0.3 is 5.97 Å². The molecule has 0 spiro atoms. The van der Waals surface area contributed by atoms with Crippen molar-refractivity contribution in [2.75, 3.05) is 13.1 Å². The lowest BCUT2D eigenvalue weighted by atomic mass is 9.81. The van der Waals surface area contributed by atoms with Crippen LogP contribution < -0.4 is 0 Å². The van der Waals surface area contributed by atoms with Crippen molar-refractivity contribution in [3.05, 3.63) is 35.4 Å². The van der Waals surface area contributed by atoms with Gasteiger partial charge in [0.15, 0.2) is 0 Å². The minimum absolute atomic E-state index is 0.0116. The normalized spacial score (nSPS) is 27.7. The Morgan fingerprint density at radius 3 is 2.81 bits per heavy atom. The summed E-state index contributed by atoms with van der Waals surface area (Å²) in [4.78, 5) is 26.2. The summed E-state index contributed by atoms with van der Waals surface area (Å²) in [6.45, 7) is 2.98. The first kappa shape index (κ1) is 14.1. The molecule has 0 radical (unpaired) electrons. The average Bonchev–Trinajstić information content (AvgIpc) is 3.04. The van der Waals surface area contributed by atoms with Crippen LogP contribution in [0.15, 0.2) is 24.3 Å². The molecule has 1 saturated heterocycles. The number of likely N-dealkylation sites (tertiary alicyclic amines) is 1. The van der Waals surface area contributed by atoms with Crippen LogP contribution in [-0.2, 0) is 11.2 Å². The van der Waals surface area contributed by atoms with Crippen LogP contribution in [-0.4, -0.2) is 35.0 Å². The number of benzene rings is 1. The number of carbonyl (C=O) groups is 2. The van der Waals surface area contributed by atoms with E-state index in [0.29, 0.717) is 19.5 Å². The number of carbonyl (C=O) groups excluding carboxylic acids is 1. The molecule has 2 aliphatic rings. The highest BCUT2D eigenvalue weighted by Gasteiger charge is 2.55. The highest BCUT2D eigenvalue weighted by molar-refractivity contribution is 5.96. The van der Waals surface area contributed by atoms with E-state index in [9.17, 15) is 14.7 Å². The molecule has 4 heteroatoms. The molecule has 0 unspecified atom stereocenters. The molecule has 1 amide bonds. The monoisotopic (exact) mass is 287 g/mol. The SMILES string of the molecule is CCc1ccccc1C(=O)N1C[C@@H]2CCC[C@@]2(C(=O)O)C1. The van der Waals surface area contributed by atoms with Gasteiger partial charge in [-0.1, -0.05) is 31.5 Å². The third kappa shape index (κ3) is 2.13. The van der Waals surface area contributed by atoms with Crippen molar-refractivity contribution in [3.63, 3.8) is 0 Å². The summed E-state index contributed by atoms with van der Waals surface area (Å²) >= 11 is 0. The number of carboxylic acids is 1. The molecule has 4 nitrogen and oxygen atoms in total. The Labute approximate surface area is 124 Å². The molecular weight excluding hydrogens is 266 g/mol.